The van der Waals surface area contributed by atoms with E-state index in [9.17, 15) is 19.0 Å². The summed E-state index contributed by atoms with van der Waals surface area (Å²) in [7, 11) is 1.19. The number of unbranched alkanes of at least 4 members (excludes halogenated alkanes) is 42. The molecule has 0 bridgehead atoms. The van der Waals surface area contributed by atoms with Crippen LogP contribution >= 0.6 is 7.82 Å². The van der Waals surface area contributed by atoms with Crippen molar-refractivity contribution in [3.63, 3.8) is 0 Å². The molecule has 0 heterocycles. The summed E-state index contributed by atoms with van der Waals surface area (Å²) in [6.45, 7) is 4.28. The molecule has 10 heteroatoms. The maximum Gasteiger partial charge on any atom is 0.306 e. The molecule has 0 aliphatic carbocycles. The molecule has 0 aromatic carbocycles. The molecule has 0 aromatic rings. The molecule has 9 nitrogen and oxygen atoms in total. The molecule has 2 atom stereocenters. The van der Waals surface area contributed by atoms with Crippen molar-refractivity contribution in [2.75, 3.05) is 47.5 Å². The molecule has 0 aromatic heterocycles. The van der Waals surface area contributed by atoms with E-state index in [0.717, 1.165) is 38.5 Å². The molecule has 0 spiro atoms. The molecule has 74 heavy (non-hydrogen) atoms. The number of esters is 2. The van der Waals surface area contributed by atoms with E-state index in [-0.39, 0.29) is 32.0 Å². The van der Waals surface area contributed by atoms with Crippen LogP contribution in [-0.2, 0) is 32.7 Å². The van der Waals surface area contributed by atoms with E-state index in [1.54, 1.807) is 0 Å². The summed E-state index contributed by atoms with van der Waals surface area (Å²) in [6, 6.07) is 0. The summed E-state index contributed by atoms with van der Waals surface area (Å²) >= 11 is 0. The van der Waals surface area contributed by atoms with Crippen LogP contribution in [0.3, 0.4) is 0 Å². The van der Waals surface area contributed by atoms with Crippen LogP contribution < -0.4 is 4.89 Å². The van der Waals surface area contributed by atoms with Crippen LogP contribution in [0.2, 0.25) is 0 Å². The highest BCUT2D eigenvalue weighted by Crippen LogP contribution is 2.38. The van der Waals surface area contributed by atoms with Crippen molar-refractivity contribution in [3.05, 3.63) is 24.3 Å². The Morgan fingerprint density at radius 1 is 0.419 bits per heavy atom. The minimum Gasteiger partial charge on any atom is -0.756 e. The van der Waals surface area contributed by atoms with Gasteiger partial charge in [-0.25, -0.2) is 0 Å². The Morgan fingerprint density at radius 2 is 0.730 bits per heavy atom. The molecule has 438 valence electrons. The minimum atomic E-state index is -4.63. The van der Waals surface area contributed by atoms with E-state index in [1.165, 1.54) is 250 Å². The van der Waals surface area contributed by atoms with Gasteiger partial charge in [-0.3, -0.25) is 14.2 Å². The molecule has 0 saturated carbocycles. The predicted octanol–water partition coefficient (Wildman–Crippen LogP) is 19.5. The number of allylic oxidation sites excluding steroid dienone is 4. The third-order valence-electron chi connectivity index (χ3n) is 14.5. The number of phosphoric ester groups is 1. The van der Waals surface area contributed by atoms with Gasteiger partial charge in [-0.1, -0.05) is 289 Å². The van der Waals surface area contributed by atoms with Gasteiger partial charge in [0, 0.05) is 12.8 Å². The number of hydrogen-bond acceptors (Lipinski definition) is 8. The van der Waals surface area contributed by atoms with E-state index in [2.05, 4.69) is 38.2 Å². The standard InChI is InChI=1S/C64H124NO8P/c1-6-8-10-12-14-16-18-20-21-22-23-24-25-26-27-28-29-30-31-32-33-34-35-36-37-38-39-40-41-42-43-45-47-49-51-53-55-57-64(67)73-62(61-72-74(68,69)71-59-58-65(3,4)5)60-70-63(66)56-54-52-50-48-46-44-19-17-15-13-11-9-7-2/h18,20,22-23,62H,6-17,19,21,24-61H2,1-5H3/b20-18-,23-22-. The number of hydrogen-bond donors (Lipinski definition) is 0. The maximum atomic E-state index is 12.8. The topological polar surface area (TPSA) is 111 Å². The fourth-order valence-corrected chi connectivity index (χ4v) is 10.2. The van der Waals surface area contributed by atoms with Crippen molar-refractivity contribution in [2.45, 2.75) is 328 Å². The van der Waals surface area contributed by atoms with Crippen molar-refractivity contribution >= 4 is 19.8 Å². The molecule has 0 saturated heterocycles. The van der Waals surface area contributed by atoms with E-state index >= 15 is 0 Å². The van der Waals surface area contributed by atoms with Crippen molar-refractivity contribution in [2.24, 2.45) is 0 Å². The monoisotopic (exact) mass is 1070 g/mol. The van der Waals surface area contributed by atoms with Crippen molar-refractivity contribution in [1.82, 2.24) is 0 Å². The summed E-state index contributed by atoms with van der Waals surface area (Å²) < 4.78 is 34.2. The SMILES string of the molecule is CCCCCCC/C=C\C/C=C\CCCCCCCCCCCCCCCCCCCCCCCCCCCC(=O)OC(COC(=O)CCCCCCCCCCCCCCC)COP(=O)([O-])OCC[N+](C)(C)C. The van der Waals surface area contributed by atoms with Crippen LogP contribution in [0.25, 0.3) is 0 Å². The van der Waals surface area contributed by atoms with E-state index in [0.29, 0.717) is 17.4 Å². The highest BCUT2D eigenvalue weighted by molar-refractivity contribution is 7.45. The fraction of sp³-hybridized carbons (Fsp3) is 0.906. The number of phosphoric acid groups is 1. The quantitative estimate of drug-likeness (QED) is 0.0195. The lowest BCUT2D eigenvalue weighted by atomic mass is 10.0. The van der Waals surface area contributed by atoms with Crippen LogP contribution in [0.4, 0.5) is 0 Å². The molecule has 2 unspecified atom stereocenters. The number of likely N-dealkylation sites (N-methyl/N-ethyl adjacent to an activating group) is 1. The van der Waals surface area contributed by atoms with Crippen LogP contribution in [0.1, 0.15) is 322 Å². The zero-order valence-corrected chi connectivity index (χ0v) is 50.7. The van der Waals surface area contributed by atoms with Gasteiger partial charge >= 0.3 is 11.9 Å². The largest absolute Gasteiger partial charge is 0.756 e. The zero-order chi connectivity index (χ0) is 54.2. The highest BCUT2D eigenvalue weighted by Gasteiger charge is 2.22. The predicted molar refractivity (Wildman–Crippen MR) is 314 cm³/mol. The molecule has 0 rings (SSSR count). The van der Waals surface area contributed by atoms with Crippen molar-refractivity contribution in [1.29, 1.82) is 0 Å². The van der Waals surface area contributed by atoms with Gasteiger partial charge < -0.3 is 27.9 Å². The summed E-state index contributed by atoms with van der Waals surface area (Å²) in [5.74, 6) is -0.814. The van der Waals surface area contributed by atoms with Gasteiger partial charge in [-0.05, 0) is 44.9 Å². The Labute approximate surface area is 459 Å². The van der Waals surface area contributed by atoms with Gasteiger partial charge in [0.25, 0.3) is 7.82 Å². The van der Waals surface area contributed by atoms with Crippen molar-refractivity contribution < 1.29 is 42.1 Å². The van der Waals surface area contributed by atoms with E-state index in [4.69, 9.17) is 18.5 Å². The summed E-state index contributed by atoms with van der Waals surface area (Å²) in [6.07, 6.45) is 68.4. The molecule has 0 aliphatic rings. The summed E-state index contributed by atoms with van der Waals surface area (Å²) in [4.78, 5) is 37.8. The van der Waals surface area contributed by atoms with E-state index < -0.39 is 26.5 Å². The first-order valence-electron chi connectivity index (χ1n) is 32.0. The third kappa shape index (κ3) is 59.7. The molecular formula is C64H124NO8P. The second kappa shape index (κ2) is 56.2. The summed E-state index contributed by atoms with van der Waals surface area (Å²) in [5.41, 5.74) is 0. The number of quaternary nitrogens is 1. The average Bonchev–Trinajstić information content (AvgIpc) is 3.36. The number of nitrogens with zero attached hydrogens (tertiary/aromatic N) is 1. The fourth-order valence-electron chi connectivity index (χ4n) is 9.51. The van der Waals surface area contributed by atoms with Crippen LogP contribution in [0.5, 0.6) is 0 Å². The molecule has 0 aliphatic heterocycles. The normalized spacial score (nSPS) is 13.3. The Kier molecular flexibility index (Phi) is 55.1. The number of rotatable bonds is 60. The van der Waals surface area contributed by atoms with Crippen LogP contribution in [-0.4, -0.2) is 70.0 Å². The highest BCUT2D eigenvalue weighted by atomic mass is 31.2. The smallest absolute Gasteiger partial charge is 0.306 e. The first-order chi connectivity index (χ1) is 36.0. The molecule has 0 amide bonds. The average molecular weight is 1070 g/mol. The van der Waals surface area contributed by atoms with Crippen molar-refractivity contribution in [3.8, 4) is 0 Å². The Hall–Kier alpha value is -1.51. The van der Waals surface area contributed by atoms with Gasteiger partial charge in [0.05, 0.1) is 27.7 Å². The number of carbonyl (C=O) groups is 2. The lowest BCUT2D eigenvalue weighted by Gasteiger charge is -2.28. The number of carbonyl (C=O) groups excluding carboxylic acids is 2. The molecule has 0 fully saturated rings. The maximum absolute atomic E-state index is 12.8. The van der Waals surface area contributed by atoms with Gasteiger partial charge in [-0.2, -0.15) is 0 Å². The molecule has 0 N–H and O–H groups in total. The minimum absolute atomic E-state index is 0.0266. The van der Waals surface area contributed by atoms with E-state index in [1.807, 2.05) is 21.1 Å². The first kappa shape index (κ1) is 72.5. The lowest BCUT2D eigenvalue weighted by Crippen LogP contribution is -2.37. The van der Waals surface area contributed by atoms with Gasteiger partial charge in [0.2, 0.25) is 0 Å². The Morgan fingerprint density at radius 3 is 1.07 bits per heavy atom. The molecular weight excluding hydrogens is 942 g/mol. The second-order valence-corrected chi connectivity index (χ2v) is 24.5. The van der Waals surface area contributed by atoms with Gasteiger partial charge in [-0.15, -0.1) is 0 Å². The zero-order valence-electron chi connectivity index (χ0n) is 49.8. The van der Waals surface area contributed by atoms with Gasteiger partial charge in [0.1, 0.15) is 19.8 Å². The Bertz CT molecular complexity index is 1300. The number of ether oxygens (including phenoxy) is 2. The summed E-state index contributed by atoms with van der Waals surface area (Å²) in [5, 5.41) is 0. The Balaban J connectivity index is 3.88. The molecule has 0 radical (unpaired) electrons. The second-order valence-electron chi connectivity index (χ2n) is 23.1. The van der Waals surface area contributed by atoms with Gasteiger partial charge in [0.15, 0.2) is 6.10 Å². The van der Waals surface area contributed by atoms with Crippen LogP contribution in [0.15, 0.2) is 24.3 Å². The van der Waals surface area contributed by atoms with Crippen LogP contribution in [0, 0.1) is 0 Å². The first-order valence-corrected chi connectivity index (χ1v) is 33.5. The lowest BCUT2D eigenvalue weighted by molar-refractivity contribution is -0.870. The third-order valence-corrected chi connectivity index (χ3v) is 15.4.